The van der Waals surface area contributed by atoms with Crippen molar-refractivity contribution >= 4 is 44.1 Å². The van der Waals surface area contributed by atoms with Crippen molar-refractivity contribution in [1.29, 1.82) is 0 Å². The van der Waals surface area contributed by atoms with E-state index >= 15 is 0 Å². The number of hydrogen-bond donors (Lipinski definition) is 4. The molecule has 34 heavy (non-hydrogen) atoms. The summed E-state index contributed by atoms with van der Waals surface area (Å²) in [6.07, 6.45) is -0.446. The van der Waals surface area contributed by atoms with Crippen LogP contribution >= 0.6 is 11.6 Å². The lowest BCUT2D eigenvalue weighted by Crippen LogP contribution is -2.36. The average molecular weight is 504 g/mol. The molecule has 0 unspecified atom stereocenters. The lowest BCUT2D eigenvalue weighted by Gasteiger charge is -2.19. The average Bonchev–Trinajstić information content (AvgIpc) is 3.35. The molecule has 1 fully saturated rings. The molecule has 1 aliphatic carbocycles. The van der Waals surface area contributed by atoms with Crippen LogP contribution in [0.2, 0.25) is 5.02 Å². The molecule has 10 nitrogen and oxygen atoms in total. The van der Waals surface area contributed by atoms with E-state index in [2.05, 4.69) is 14.5 Å². The summed E-state index contributed by atoms with van der Waals surface area (Å²) < 4.78 is 28.4. The highest BCUT2D eigenvalue weighted by Gasteiger charge is 2.42. The van der Waals surface area contributed by atoms with Crippen LogP contribution in [0.4, 0.5) is 5.82 Å². The molecular formula is C22H22ClN5O5S. The first kappa shape index (κ1) is 23.0. The molecule has 0 radical (unpaired) electrons. The third-order valence-electron chi connectivity index (χ3n) is 6.09. The zero-order valence-corrected chi connectivity index (χ0v) is 19.3. The summed E-state index contributed by atoms with van der Waals surface area (Å²) in [5.41, 5.74) is 2.18. The van der Waals surface area contributed by atoms with Gasteiger partial charge in [0.1, 0.15) is 11.9 Å². The first-order valence-corrected chi connectivity index (χ1v) is 12.4. The van der Waals surface area contributed by atoms with Gasteiger partial charge in [0.15, 0.2) is 5.65 Å². The maximum atomic E-state index is 11.1. The molecule has 0 spiro atoms. The fourth-order valence-corrected chi connectivity index (χ4v) is 5.02. The van der Waals surface area contributed by atoms with E-state index in [-0.39, 0.29) is 13.0 Å². The van der Waals surface area contributed by atoms with Gasteiger partial charge < -0.3 is 15.5 Å². The molecule has 0 saturated heterocycles. The predicted molar refractivity (Wildman–Crippen MR) is 128 cm³/mol. The monoisotopic (exact) mass is 503 g/mol. The zero-order valence-electron chi connectivity index (χ0n) is 17.7. The summed E-state index contributed by atoms with van der Waals surface area (Å²) in [4.78, 5) is 4.39. The molecule has 1 aliphatic rings. The van der Waals surface area contributed by atoms with Crippen LogP contribution in [-0.4, -0.2) is 58.1 Å². The quantitative estimate of drug-likeness (QED) is 0.311. The van der Waals surface area contributed by atoms with Gasteiger partial charge in [-0.05, 0) is 23.9 Å². The summed E-state index contributed by atoms with van der Waals surface area (Å²) in [5.74, 6) is -0.0597. The van der Waals surface area contributed by atoms with Gasteiger partial charge in [-0.25, -0.2) is 10.1 Å². The van der Waals surface area contributed by atoms with Crippen LogP contribution in [-0.2, 0) is 14.5 Å². The highest BCUT2D eigenvalue weighted by Crippen LogP contribution is 2.34. The molecule has 178 valence electrons. The Hall–Kier alpha value is -2.80. The van der Waals surface area contributed by atoms with Crippen molar-refractivity contribution in [2.45, 2.75) is 24.7 Å². The van der Waals surface area contributed by atoms with Crippen molar-refractivity contribution in [3.8, 4) is 11.3 Å². The second-order valence-electron chi connectivity index (χ2n) is 8.28. The number of aliphatic hydroxyl groups is 2. The molecule has 5 N–H and O–H groups in total. The van der Waals surface area contributed by atoms with E-state index < -0.39 is 34.5 Å². The van der Waals surface area contributed by atoms with E-state index in [1.807, 2.05) is 42.5 Å². The maximum Gasteiger partial charge on any atom is 0.333 e. The number of rotatable bonds is 6. The van der Waals surface area contributed by atoms with E-state index in [0.717, 1.165) is 16.3 Å². The van der Waals surface area contributed by atoms with Gasteiger partial charge in [-0.3, -0.25) is 4.18 Å². The molecular weight excluding hydrogens is 482 g/mol. The lowest BCUT2D eigenvalue weighted by atomic mass is 10.0. The predicted octanol–water partition coefficient (Wildman–Crippen LogP) is 1.95. The summed E-state index contributed by atoms with van der Waals surface area (Å²) >= 11 is 6.36. The number of fused-ring (bicyclic) bond motifs is 2. The molecule has 0 aliphatic heterocycles. The number of nitrogens with one attached hydrogen (secondary N) is 1. The van der Waals surface area contributed by atoms with Crippen LogP contribution in [0.15, 0.2) is 54.7 Å². The van der Waals surface area contributed by atoms with Crippen LogP contribution in [0, 0.1) is 5.92 Å². The van der Waals surface area contributed by atoms with Crippen LogP contribution in [0.3, 0.4) is 0 Å². The zero-order chi connectivity index (χ0) is 24.0. The number of anilines is 1. The van der Waals surface area contributed by atoms with E-state index in [0.29, 0.717) is 22.2 Å². The Labute approximate surface area is 200 Å². The van der Waals surface area contributed by atoms with E-state index in [1.165, 1.54) is 0 Å². The number of aliphatic hydroxyl groups excluding tert-OH is 2. The Balaban J connectivity index is 1.45. The van der Waals surface area contributed by atoms with Crippen molar-refractivity contribution in [3.63, 3.8) is 0 Å². The third kappa shape index (κ3) is 4.33. The Kier molecular flexibility index (Phi) is 5.92. The van der Waals surface area contributed by atoms with E-state index in [9.17, 15) is 18.6 Å². The number of halogens is 1. The molecule has 0 bridgehead atoms. The van der Waals surface area contributed by atoms with E-state index in [1.54, 1.807) is 16.8 Å². The minimum Gasteiger partial charge on any atom is -0.390 e. The van der Waals surface area contributed by atoms with Gasteiger partial charge >= 0.3 is 10.3 Å². The molecule has 4 aromatic rings. The van der Waals surface area contributed by atoms with Crippen LogP contribution in [0.25, 0.3) is 27.7 Å². The van der Waals surface area contributed by atoms with Gasteiger partial charge in [0, 0.05) is 34.2 Å². The molecule has 2 aromatic carbocycles. The highest BCUT2D eigenvalue weighted by molar-refractivity contribution is 7.84. The second kappa shape index (κ2) is 8.77. The van der Waals surface area contributed by atoms with Crippen molar-refractivity contribution in [3.05, 3.63) is 59.8 Å². The molecule has 0 amide bonds. The molecule has 5 rings (SSSR count). The first-order chi connectivity index (χ1) is 16.2. The van der Waals surface area contributed by atoms with Crippen molar-refractivity contribution < 1.29 is 22.8 Å². The van der Waals surface area contributed by atoms with Gasteiger partial charge in [-0.2, -0.15) is 18.0 Å². The van der Waals surface area contributed by atoms with Gasteiger partial charge in [-0.15, -0.1) is 0 Å². The maximum absolute atomic E-state index is 11.1. The van der Waals surface area contributed by atoms with Gasteiger partial charge in [0.2, 0.25) is 0 Å². The van der Waals surface area contributed by atoms with Crippen LogP contribution in [0.1, 0.15) is 6.42 Å². The summed E-state index contributed by atoms with van der Waals surface area (Å²) in [6.45, 7) is -0.323. The summed E-state index contributed by atoms with van der Waals surface area (Å²) in [7, 11) is -4.14. The highest BCUT2D eigenvalue weighted by atomic mass is 35.5. The Morgan fingerprint density at radius 3 is 2.68 bits per heavy atom. The standard InChI is InChI=1S/C22H22ClN5O5S/c23-16-6-5-15(13-3-1-2-4-14(13)16)17-10-20-25-8-7-19(28(20)27-17)26-18-9-12(21(29)22(18)30)11-33-34(24,31)32/h1-8,10,12,18,21-22,26,29-30H,9,11H2,(H2,24,31,32)/t12-,18-,21-,22+/m1/s1. The number of aromatic nitrogens is 3. The fraction of sp³-hybridized carbons (Fsp3) is 0.273. The van der Waals surface area contributed by atoms with Crippen molar-refractivity contribution in [2.75, 3.05) is 11.9 Å². The molecule has 1 saturated carbocycles. The van der Waals surface area contributed by atoms with Crippen LogP contribution < -0.4 is 10.5 Å². The Morgan fingerprint density at radius 2 is 1.91 bits per heavy atom. The minimum atomic E-state index is -4.14. The van der Waals surface area contributed by atoms with Gasteiger partial charge in [-0.1, -0.05) is 41.9 Å². The first-order valence-electron chi connectivity index (χ1n) is 10.5. The Bertz CT molecular complexity index is 1480. The van der Waals surface area contributed by atoms with Crippen molar-refractivity contribution in [1.82, 2.24) is 14.6 Å². The van der Waals surface area contributed by atoms with E-state index in [4.69, 9.17) is 21.8 Å². The fourth-order valence-electron chi connectivity index (χ4n) is 4.43. The number of hydrogen-bond acceptors (Lipinski definition) is 8. The Morgan fingerprint density at radius 1 is 1.15 bits per heavy atom. The lowest BCUT2D eigenvalue weighted by molar-refractivity contribution is 0.00777. The molecule has 12 heteroatoms. The second-order valence-corrected chi connectivity index (χ2v) is 9.90. The molecule has 2 aromatic heterocycles. The van der Waals surface area contributed by atoms with Crippen molar-refractivity contribution in [2.24, 2.45) is 11.1 Å². The molecule has 2 heterocycles. The summed E-state index contributed by atoms with van der Waals surface area (Å²) in [6, 6.07) is 14.5. The number of nitrogens with two attached hydrogens (primary N) is 1. The number of nitrogens with zero attached hydrogens (tertiary/aromatic N) is 3. The smallest absolute Gasteiger partial charge is 0.333 e. The number of benzene rings is 2. The summed E-state index contributed by atoms with van der Waals surface area (Å²) in [5, 5.41) is 36.2. The topological polar surface area (TPSA) is 152 Å². The molecule has 4 atom stereocenters. The normalized spacial score (nSPS) is 23.1. The van der Waals surface area contributed by atoms with Crippen LogP contribution in [0.5, 0.6) is 0 Å². The minimum absolute atomic E-state index is 0.262. The van der Waals surface area contributed by atoms with Gasteiger partial charge in [0.25, 0.3) is 0 Å². The SMILES string of the molecule is NS(=O)(=O)OC[C@H]1C[C@@H](Nc2ccnc3cc(-c4ccc(Cl)c5ccccc45)nn23)[C@H](O)[C@@H]1O. The third-order valence-corrected chi connectivity index (χ3v) is 6.88. The largest absolute Gasteiger partial charge is 0.390 e. The van der Waals surface area contributed by atoms with Gasteiger partial charge in [0.05, 0.1) is 24.4 Å².